The molecule has 0 saturated carbocycles. The largest absolute Gasteiger partial charge is 0.313 e. The van der Waals surface area contributed by atoms with Gasteiger partial charge in [-0.1, -0.05) is 11.3 Å². The highest BCUT2D eigenvalue weighted by Gasteiger charge is 2.18. The van der Waals surface area contributed by atoms with Gasteiger partial charge >= 0.3 is 10.1 Å². The standard InChI is InChI=1S/C4H2BrN3O3S2/c5-3-7-8-2(13(9,10)11)1-6-4(8)12-3/h1H,(H,9,10,11). The summed E-state index contributed by atoms with van der Waals surface area (Å²) in [7, 11) is -4.25. The summed E-state index contributed by atoms with van der Waals surface area (Å²) in [6, 6.07) is 0. The molecule has 70 valence electrons. The normalized spacial score (nSPS) is 12.5. The predicted octanol–water partition coefficient (Wildman–Crippen LogP) is 0.800. The van der Waals surface area contributed by atoms with Crippen molar-refractivity contribution in [1.29, 1.82) is 0 Å². The first-order chi connectivity index (χ1) is 5.98. The van der Waals surface area contributed by atoms with Crippen molar-refractivity contribution < 1.29 is 13.0 Å². The Hall–Kier alpha value is -0.510. The lowest BCUT2D eigenvalue weighted by atomic mass is 10.9. The summed E-state index contributed by atoms with van der Waals surface area (Å²) < 4.78 is 31.8. The minimum atomic E-state index is -4.25. The number of halogens is 1. The van der Waals surface area contributed by atoms with Crippen molar-refractivity contribution in [1.82, 2.24) is 14.6 Å². The summed E-state index contributed by atoms with van der Waals surface area (Å²) in [6.45, 7) is 0. The Morgan fingerprint density at radius 3 is 2.92 bits per heavy atom. The molecule has 2 aromatic rings. The van der Waals surface area contributed by atoms with Crippen molar-refractivity contribution in [2.24, 2.45) is 0 Å². The van der Waals surface area contributed by atoms with Gasteiger partial charge in [0.25, 0.3) is 0 Å². The molecule has 0 bridgehead atoms. The number of imidazole rings is 1. The van der Waals surface area contributed by atoms with E-state index in [1.807, 2.05) is 0 Å². The molecular weight excluding hydrogens is 282 g/mol. The lowest BCUT2D eigenvalue weighted by molar-refractivity contribution is 0.476. The maximum atomic E-state index is 10.8. The monoisotopic (exact) mass is 283 g/mol. The number of hydrogen-bond donors (Lipinski definition) is 1. The molecule has 0 amide bonds. The molecule has 13 heavy (non-hydrogen) atoms. The molecule has 0 aromatic carbocycles. The van der Waals surface area contributed by atoms with Gasteiger partial charge in [-0.25, -0.2) is 4.98 Å². The molecule has 0 spiro atoms. The summed E-state index contributed by atoms with van der Waals surface area (Å²) in [5.74, 6) is 0. The molecule has 0 fully saturated rings. The van der Waals surface area contributed by atoms with Gasteiger partial charge in [0, 0.05) is 0 Å². The van der Waals surface area contributed by atoms with Crippen LogP contribution in [0.25, 0.3) is 4.96 Å². The molecule has 2 rings (SSSR count). The van der Waals surface area contributed by atoms with Gasteiger partial charge in [-0.15, -0.1) is 5.10 Å². The van der Waals surface area contributed by atoms with Crippen molar-refractivity contribution in [2.45, 2.75) is 5.03 Å². The van der Waals surface area contributed by atoms with Crippen LogP contribution in [0.3, 0.4) is 0 Å². The molecule has 9 heteroatoms. The topological polar surface area (TPSA) is 84.6 Å². The number of aromatic nitrogens is 3. The summed E-state index contributed by atoms with van der Waals surface area (Å²) in [5.41, 5.74) is 0. The minimum absolute atomic E-state index is 0.329. The van der Waals surface area contributed by atoms with E-state index < -0.39 is 10.1 Å². The summed E-state index contributed by atoms with van der Waals surface area (Å²) in [4.78, 5) is 4.16. The van der Waals surface area contributed by atoms with E-state index in [1.165, 1.54) is 11.3 Å². The first-order valence-electron chi connectivity index (χ1n) is 2.96. The average Bonchev–Trinajstić information content (AvgIpc) is 2.41. The zero-order valence-electron chi connectivity index (χ0n) is 5.88. The van der Waals surface area contributed by atoms with E-state index in [1.54, 1.807) is 0 Å². The van der Waals surface area contributed by atoms with Crippen LogP contribution in [0.2, 0.25) is 0 Å². The van der Waals surface area contributed by atoms with E-state index in [0.717, 1.165) is 10.7 Å². The summed E-state index contributed by atoms with van der Waals surface area (Å²) >= 11 is 4.25. The van der Waals surface area contributed by atoms with Crippen LogP contribution in [0.4, 0.5) is 0 Å². The Morgan fingerprint density at radius 2 is 2.31 bits per heavy atom. The molecule has 0 aliphatic carbocycles. The second kappa shape index (κ2) is 2.74. The van der Waals surface area contributed by atoms with Gasteiger partial charge in [0.2, 0.25) is 9.99 Å². The van der Waals surface area contributed by atoms with Crippen LogP contribution in [-0.4, -0.2) is 27.6 Å². The van der Waals surface area contributed by atoms with Crippen molar-refractivity contribution in [3.8, 4) is 0 Å². The van der Waals surface area contributed by atoms with E-state index in [9.17, 15) is 8.42 Å². The third kappa shape index (κ3) is 1.47. The molecule has 6 nitrogen and oxygen atoms in total. The van der Waals surface area contributed by atoms with Crippen LogP contribution in [0.1, 0.15) is 0 Å². The smallest absolute Gasteiger partial charge is 0.281 e. The highest BCUT2D eigenvalue weighted by atomic mass is 79.9. The van der Waals surface area contributed by atoms with Crippen LogP contribution in [0.15, 0.2) is 15.1 Å². The number of fused-ring (bicyclic) bond motifs is 1. The van der Waals surface area contributed by atoms with Crippen molar-refractivity contribution in [3.63, 3.8) is 0 Å². The van der Waals surface area contributed by atoms with Gasteiger partial charge < -0.3 is 0 Å². The molecule has 0 aliphatic heterocycles. The van der Waals surface area contributed by atoms with Crippen molar-refractivity contribution in [2.75, 3.05) is 0 Å². The third-order valence-electron chi connectivity index (χ3n) is 1.29. The fourth-order valence-electron chi connectivity index (χ4n) is 0.826. The Morgan fingerprint density at radius 1 is 1.62 bits per heavy atom. The zero-order chi connectivity index (χ0) is 9.64. The molecule has 0 atom stereocenters. The van der Waals surface area contributed by atoms with E-state index >= 15 is 0 Å². The molecule has 2 aromatic heterocycles. The number of nitrogens with zero attached hydrogens (tertiary/aromatic N) is 3. The van der Waals surface area contributed by atoms with Crippen LogP contribution in [0, 0.1) is 0 Å². The molecule has 0 radical (unpaired) electrons. The average molecular weight is 284 g/mol. The first kappa shape index (κ1) is 9.06. The van der Waals surface area contributed by atoms with Crippen LogP contribution in [0.5, 0.6) is 0 Å². The van der Waals surface area contributed by atoms with E-state index in [2.05, 4.69) is 26.0 Å². The lowest BCUT2D eigenvalue weighted by Gasteiger charge is -1.89. The highest BCUT2D eigenvalue weighted by molar-refractivity contribution is 9.11. The molecule has 0 aliphatic rings. The van der Waals surface area contributed by atoms with E-state index in [-0.39, 0.29) is 5.03 Å². The Kier molecular flexibility index (Phi) is 1.91. The SMILES string of the molecule is O=S(=O)(O)c1cnc2sc(Br)nn12. The second-order valence-corrected chi connectivity index (χ2v) is 5.72. The van der Waals surface area contributed by atoms with Gasteiger partial charge in [0.15, 0.2) is 3.92 Å². The van der Waals surface area contributed by atoms with Gasteiger partial charge in [0.1, 0.15) is 0 Å². The first-order valence-corrected chi connectivity index (χ1v) is 6.01. The minimum Gasteiger partial charge on any atom is -0.281 e. The molecule has 1 N–H and O–H groups in total. The number of hydrogen-bond acceptors (Lipinski definition) is 5. The maximum Gasteiger partial charge on any atom is 0.313 e. The van der Waals surface area contributed by atoms with Crippen molar-refractivity contribution in [3.05, 3.63) is 10.1 Å². The van der Waals surface area contributed by atoms with Crippen molar-refractivity contribution >= 4 is 42.3 Å². The predicted molar refractivity (Wildman–Crippen MR) is 48.4 cm³/mol. The van der Waals surface area contributed by atoms with Gasteiger partial charge in [-0.3, -0.25) is 4.55 Å². The van der Waals surface area contributed by atoms with Gasteiger partial charge in [-0.2, -0.15) is 12.9 Å². The van der Waals surface area contributed by atoms with Gasteiger partial charge in [0.05, 0.1) is 6.20 Å². The van der Waals surface area contributed by atoms with Crippen LogP contribution in [-0.2, 0) is 10.1 Å². The maximum absolute atomic E-state index is 10.8. The zero-order valence-corrected chi connectivity index (χ0v) is 9.10. The second-order valence-electron chi connectivity index (χ2n) is 2.12. The Bertz CT molecular complexity index is 556. The third-order valence-corrected chi connectivity index (χ3v) is 3.46. The van der Waals surface area contributed by atoms with Crippen LogP contribution >= 0.6 is 27.3 Å². The van der Waals surface area contributed by atoms with E-state index in [0.29, 0.717) is 8.88 Å². The van der Waals surface area contributed by atoms with Gasteiger partial charge in [-0.05, 0) is 15.9 Å². The quantitative estimate of drug-likeness (QED) is 0.783. The summed E-state index contributed by atoms with van der Waals surface area (Å²) in [6.07, 6.45) is 1.06. The summed E-state index contributed by atoms with van der Waals surface area (Å²) in [5, 5.41) is 3.46. The Balaban J connectivity index is 2.84. The molecule has 0 saturated heterocycles. The lowest BCUT2D eigenvalue weighted by Crippen LogP contribution is -2.02. The van der Waals surface area contributed by atoms with E-state index in [4.69, 9.17) is 4.55 Å². The van der Waals surface area contributed by atoms with Crippen LogP contribution < -0.4 is 0 Å². The molecular formula is C4H2BrN3O3S2. The molecule has 0 unspecified atom stereocenters. The fraction of sp³-hybridized carbons (Fsp3) is 0. The highest BCUT2D eigenvalue weighted by Crippen LogP contribution is 2.21. The number of rotatable bonds is 1. The fourth-order valence-corrected chi connectivity index (χ4v) is 2.61. The molecule has 2 heterocycles. The Labute approximate surface area is 85.1 Å².